The van der Waals surface area contributed by atoms with Gasteiger partial charge >= 0.3 is 0 Å². The van der Waals surface area contributed by atoms with Crippen LogP contribution in [0.4, 0.5) is 0 Å². The Bertz CT molecular complexity index is 184. The molecular formula is C10H18N2O. The first-order valence-electron chi connectivity index (χ1n) is 4.87. The zero-order valence-electron chi connectivity index (χ0n) is 8.47. The van der Waals surface area contributed by atoms with Gasteiger partial charge < -0.3 is 5.32 Å². The number of rotatable bonds is 6. The van der Waals surface area contributed by atoms with Crippen LogP contribution in [0.3, 0.4) is 0 Å². The molecule has 0 radical (unpaired) electrons. The molecule has 0 saturated carbocycles. The molecule has 13 heavy (non-hydrogen) atoms. The molecule has 1 atom stereocenters. The highest BCUT2D eigenvalue weighted by Gasteiger charge is 2.05. The molecule has 1 N–H and O–H groups in total. The second-order valence-corrected chi connectivity index (χ2v) is 3.30. The second kappa shape index (κ2) is 7.60. The first-order chi connectivity index (χ1) is 6.20. The number of unbranched alkanes of at least 4 members (excludes halogenated alkanes) is 2. The molecule has 0 aliphatic rings. The molecule has 0 bridgehead atoms. The van der Waals surface area contributed by atoms with E-state index >= 15 is 0 Å². The van der Waals surface area contributed by atoms with Gasteiger partial charge in [-0.25, -0.2) is 0 Å². The van der Waals surface area contributed by atoms with Crippen LogP contribution in [0.1, 0.15) is 46.0 Å². The van der Waals surface area contributed by atoms with Crippen molar-refractivity contribution < 1.29 is 4.79 Å². The molecule has 0 fully saturated rings. The molecule has 0 aromatic carbocycles. The van der Waals surface area contributed by atoms with Crippen molar-refractivity contribution in [3.8, 4) is 6.07 Å². The third-order valence-electron chi connectivity index (χ3n) is 1.89. The summed E-state index contributed by atoms with van der Waals surface area (Å²) in [6.07, 6.45) is 4.52. The fourth-order valence-electron chi connectivity index (χ4n) is 1.17. The highest BCUT2D eigenvalue weighted by Crippen LogP contribution is 2.02. The fourth-order valence-corrected chi connectivity index (χ4v) is 1.17. The molecule has 0 rings (SSSR count). The minimum absolute atomic E-state index is 0.0296. The molecular weight excluding hydrogens is 164 g/mol. The first-order valence-corrected chi connectivity index (χ1v) is 4.87. The SMILES string of the molecule is CCCCC[C@@H](C)NC(=O)CC#N. The van der Waals surface area contributed by atoms with E-state index in [1.54, 1.807) is 0 Å². The van der Waals surface area contributed by atoms with Gasteiger partial charge in [-0.1, -0.05) is 26.2 Å². The monoisotopic (exact) mass is 182 g/mol. The largest absolute Gasteiger partial charge is 0.353 e. The average molecular weight is 182 g/mol. The summed E-state index contributed by atoms with van der Waals surface area (Å²) in [5, 5.41) is 11.0. The number of nitrogens with zero attached hydrogens (tertiary/aromatic N) is 1. The Morgan fingerprint density at radius 1 is 1.54 bits per heavy atom. The number of hydrogen-bond acceptors (Lipinski definition) is 2. The minimum Gasteiger partial charge on any atom is -0.353 e. The van der Waals surface area contributed by atoms with E-state index in [1.807, 2.05) is 13.0 Å². The van der Waals surface area contributed by atoms with Gasteiger partial charge in [0.2, 0.25) is 5.91 Å². The summed E-state index contributed by atoms with van der Waals surface area (Å²) in [5.41, 5.74) is 0. The van der Waals surface area contributed by atoms with Crippen molar-refractivity contribution in [3.63, 3.8) is 0 Å². The average Bonchev–Trinajstić information content (AvgIpc) is 2.05. The van der Waals surface area contributed by atoms with Crippen LogP contribution in [0.15, 0.2) is 0 Å². The number of hydrogen-bond donors (Lipinski definition) is 1. The van der Waals surface area contributed by atoms with E-state index in [0.29, 0.717) is 0 Å². The maximum Gasteiger partial charge on any atom is 0.234 e. The van der Waals surface area contributed by atoms with Crippen molar-refractivity contribution in [1.29, 1.82) is 5.26 Å². The summed E-state index contributed by atoms with van der Waals surface area (Å²) in [6, 6.07) is 2.03. The van der Waals surface area contributed by atoms with E-state index in [1.165, 1.54) is 12.8 Å². The number of carbonyl (C=O) groups is 1. The fraction of sp³-hybridized carbons (Fsp3) is 0.800. The van der Waals surface area contributed by atoms with E-state index in [9.17, 15) is 4.79 Å². The van der Waals surface area contributed by atoms with Gasteiger partial charge in [-0.3, -0.25) is 4.79 Å². The molecule has 0 aromatic rings. The predicted octanol–water partition coefficient (Wildman–Crippen LogP) is 1.99. The van der Waals surface area contributed by atoms with Crippen molar-refractivity contribution in [1.82, 2.24) is 5.32 Å². The Balaban J connectivity index is 3.45. The minimum atomic E-state index is -0.161. The Morgan fingerprint density at radius 3 is 2.77 bits per heavy atom. The lowest BCUT2D eigenvalue weighted by Gasteiger charge is -2.11. The van der Waals surface area contributed by atoms with Crippen LogP contribution in [0.2, 0.25) is 0 Å². The number of carbonyl (C=O) groups excluding carboxylic acids is 1. The zero-order chi connectivity index (χ0) is 10.1. The maximum absolute atomic E-state index is 11.0. The zero-order valence-corrected chi connectivity index (χ0v) is 8.47. The van der Waals surface area contributed by atoms with E-state index in [4.69, 9.17) is 5.26 Å². The van der Waals surface area contributed by atoms with Crippen molar-refractivity contribution in [2.75, 3.05) is 0 Å². The summed E-state index contributed by atoms with van der Waals surface area (Å²) in [6.45, 7) is 4.13. The molecule has 3 nitrogen and oxygen atoms in total. The van der Waals surface area contributed by atoms with Gasteiger partial charge in [0.05, 0.1) is 6.07 Å². The van der Waals surface area contributed by atoms with Gasteiger partial charge in [0.15, 0.2) is 0 Å². The Kier molecular flexibility index (Phi) is 6.99. The van der Waals surface area contributed by atoms with E-state index in [-0.39, 0.29) is 18.4 Å². The lowest BCUT2D eigenvalue weighted by Crippen LogP contribution is -2.31. The van der Waals surface area contributed by atoms with Crippen molar-refractivity contribution in [3.05, 3.63) is 0 Å². The molecule has 0 aliphatic carbocycles. The van der Waals surface area contributed by atoms with Crippen LogP contribution >= 0.6 is 0 Å². The molecule has 0 aliphatic heterocycles. The third-order valence-corrected chi connectivity index (χ3v) is 1.89. The molecule has 0 unspecified atom stereocenters. The third kappa shape index (κ3) is 7.32. The molecule has 74 valence electrons. The normalized spacial score (nSPS) is 11.8. The van der Waals surface area contributed by atoms with Crippen LogP contribution in [0, 0.1) is 11.3 Å². The van der Waals surface area contributed by atoms with Crippen molar-refractivity contribution in [2.24, 2.45) is 0 Å². The van der Waals surface area contributed by atoms with E-state index in [2.05, 4.69) is 12.2 Å². The quantitative estimate of drug-likeness (QED) is 0.638. The van der Waals surface area contributed by atoms with Gasteiger partial charge in [-0.05, 0) is 13.3 Å². The predicted molar refractivity (Wildman–Crippen MR) is 52.0 cm³/mol. The Hall–Kier alpha value is -1.04. The van der Waals surface area contributed by atoms with Gasteiger partial charge in [-0.2, -0.15) is 5.26 Å². The first kappa shape index (κ1) is 12.0. The van der Waals surface area contributed by atoms with Crippen LogP contribution < -0.4 is 5.32 Å². The van der Waals surface area contributed by atoms with Crippen LogP contribution in [-0.4, -0.2) is 11.9 Å². The number of nitrogens with one attached hydrogen (secondary N) is 1. The molecule has 3 heteroatoms. The van der Waals surface area contributed by atoms with Crippen LogP contribution in [-0.2, 0) is 4.79 Å². The second-order valence-electron chi connectivity index (χ2n) is 3.30. The molecule has 0 saturated heterocycles. The molecule has 0 aromatic heterocycles. The molecule has 1 amide bonds. The maximum atomic E-state index is 11.0. The van der Waals surface area contributed by atoms with E-state index < -0.39 is 0 Å². The van der Waals surface area contributed by atoms with E-state index in [0.717, 1.165) is 12.8 Å². The Morgan fingerprint density at radius 2 is 2.23 bits per heavy atom. The highest BCUT2D eigenvalue weighted by atomic mass is 16.1. The summed E-state index contributed by atoms with van der Waals surface area (Å²) >= 11 is 0. The standard InChI is InChI=1S/C10H18N2O/c1-3-4-5-6-9(2)12-10(13)7-8-11/h9H,3-7H2,1-2H3,(H,12,13)/t9-/m1/s1. The van der Waals surface area contributed by atoms with Gasteiger partial charge in [0, 0.05) is 6.04 Å². The summed E-state index contributed by atoms with van der Waals surface area (Å²) < 4.78 is 0. The smallest absolute Gasteiger partial charge is 0.234 e. The lowest BCUT2D eigenvalue weighted by atomic mass is 10.1. The Labute approximate surface area is 80.1 Å². The molecule has 0 heterocycles. The van der Waals surface area contributed by atoms with Gasteiger partial charge in [0.1, 0.15) is 6.42 Å². The van der Waals surface area contributed by atoms with Crippen LogP contribution in [0.5, 0.6) is 0 Å². The van der Waals surface area contributed by atoms with Gasteiger partial charge in [0.25, 0.3) is 0 Å². The summed E-state index contributed by atoms with van der Waals surface area (Å²) in [4.78, 5) is 11.0. The van der Waals surface area contributed by atoms with Crippen LogP contribution in [0.25, 0.3) is 0 Å². The topological polar surface area (TPSA) is 52.9 Å². The summed E-state index contributed by atoms with van der Waals surface area (Å²) in [7, 11) is 0. The van der Waals surface area contributed by atoms with Gasteiger partial charge in [-0.15, -0.1) is 0 Å². The summed E-state index contributed by atoms with van der Waals surface area (Å²) in [5.74, 6) is -0.161. The number of amides is 1. The number of nitriles is 1. The van der Waals surface area contributed by atoms with Crippen molar-refractivity contribution in [2.45, 2.75) is 52.0 Å². The lowest BCUT2D eigenvalue weighted by molar-refractivity contribution is -0.120. The molecule has 0 spiro atoms. The highest BCUT2D eigenvalue weighted by molar-refractivity contribution is 5.78. The van der Waals surface area contributed by atoms with Crippen molar-refractivity contribution >= 4 is 5.91 Å².